The second-order valence-corrected chi connectivity index (χ2v) is 10.0. The Labute approximate surface area is 191 Å². The molecule has 0 aliphatic carbocycles. The van der Waals surface area contributed by atoms with Gasteiger partial charge in [-0.1, -0.05) is 17.7 Å². The molecular formula is C22H23ClN2O4S2. The quantitative estimate of drug-likeness (QED) is 0.437. The van der Waals surface area contributed by atoms with E-state index in [1.807, 2.05) is 17.5 Å². The summed E-state index contributed by atoms with van der Waals surface area (Å²) in [6.45, 7) is 1.21. The molecule has 0 aliphatic heterocycles. The van der Waals surface area contributed by atoms with Crippen molar-refractivity contribution in [1.29, 1.82) is 0 Å². The van der Waals surface area contributed by atoms with Gasteiger partial charge in [0.15, 0.2) is 0 Å². The number of rotatable bonds is 10. The number of carbonyl (C=O) groups excluding carboxylic acids is 1. The Morgan fingerprint density at radius 3 is 2.45 bits per heavy atom. The summed E-state index contributed by atoms with van der Waals surface area (Å²) in [6.07, 6.45) is 0.657. The molecule has 0 unspecified atom stereocenters. The summed E-state index contributed by atoms with van der Waals surface area (Å²) in [7, 11) is -1.93. The van der Waals surface area contributed by atoms with Gasteiger partial charge in [0.25, 0.3) is 5.91 Å². The maximum atomic E-state index is 12.6. The lowest BCUT2D eigenvalue weighted by Gasteiger charge is -2.17. The summed E-state index contributed by atoms with van der Waals surface area (Å²) in [5.74, 6) is 0.546. The molecule has 1 aromatic heterocycles. The van der Waals surface area contributed by atoms with Gasteiger partial charge in [-0.3, -0.25) is 4.79 Å². The average molecular weight is 479 g/mol. The van der Waals surface area contributed by atoms with Gasteiger partial charge in [0.1, 0.15) is 5.75 Å². The van der Waals surface area contributed by atoms with Gasteiger partial charge < -0.3 is 9.64 Å². The molecule has 31 heavy (non-hydrogen) atoms. The van der Waals surface area contributed by atoms with E-state index in [0.29, 0.717) is 30.2 Å². The molecule has 0 fully saturated rings. The van der Waals surface area contributed by atoms with Gasteiger partial charge in [0.05, 0.1) is 11.5 Å². The molecule has 164 valence electrons. The fourth-order valence-electron chi connectivity index (χ4n) is 2.78. The lowest BCUT2D eigenvalue weighted by Crippen LogP contribution is -2.28. The molecule has 0 spiro atoms. The predicted octanol–water partition coefficient (Wildman–Crippen LogP) is 4.42. The molecule has 0 aliphatic rings. The lowest BCUT2D eigenvalue weighted by molar-refractivity contribution is 0.0787. The maximum absolute atomic E-state index is 12.6. The molecular weight excluding hydrogens is 456 g/mol. The number of hydrogen-bond donors (Lipinski definition) is 1. The molecule has 0 atom stereocenters. The summed E-state index contributed by atoms with van der Waals surface area (Å²) < 4.78 is 33.1. The Balaban J connectivity index is 1.48. The van der Waals surface area contributed by atoms with Crippen LogP contribution in [-0.2, 0) is 16.6 Å². The van der Waals surface area contributed by atoms with Crippen LogP contribution in [0.5, 0.6) is 5.75 Å². The number of halogens is 1. The van der Waals surface area contributed by atoms with Gasteiger partial charge in [0, 0.05) is 35.6 Å². The van der Waals surface area contributed by atoms with Crippen LogP contribution in [0.4, 0.5) is 0 Å². The molecule has 6 nitrogen and oxygen atoms in total. The minimum absolute atomic E-state index is 0.125. The minimum Gasteiger partial charge on any atom is -0.494 e. The molecule has 1 N–H and O–H groups in total. The maximum Gasteiger partial charge on any atom is 0.253 e. The second-order valence-electron chi connectivity index (χ2n) is 6.81. The Hall–Kier alpha value is -2.39. The highest BCUT2D eigenvalue weighted by Crippen LogP contribution is 2.16. The van der Waals surface area contributed by atoms with Crippen LogP contribution in [0.3, 0.4) is 0 Å². The van der Waals surface area contributed by atoms with Crippen molar-refractivity contribution in [2.75, 3.05) is 20.2 Å². The van der Waals surface area contributed by atoms with E-state index in [4.69, 9.17) is 16.3 Å². The van der Waals surface area contributed by atoms with Crippen LogP contribution < -0.4 is 9.46 Å². The SMILES string of the molecule is CN(CCCOc1ccc(Cl)cc1)C(=O)c1ccc(S(=O)(=O)NCc2cccs2)cc1. The first kappa shape index (κ1) is 23.3. The molecule has 1 heterocycles. The Bertz CT molecular complexity index is 1080. The Kier molecular flexibility index (Phi) is 8.09. The molecule has 3 aromatic rings. The highest BCUT2D eigenvalue weighted by atomic mass is 35.5. The van der Waals surface area contributed by atoms with E-state index in [1.165, 1.54) is 35.6 Å². The molecule has 9 heteroatoms. The number of sulfonamides is 1. The van der Waals surface area contributed by atoms with Gasteiger partial charge in [-0.05, 0) is 66.4 Å². The van der Waals surface area contributed by atoms with E-state index < -0.39 is 10.0 Å². The highest BCUT2D eigenvalue weighted by molar-refractivity contribution is 7.89. The van der Waals surface area contributed by atoms with Gasteiger partial charge in [-0.25, -0.2) is 13.1 Å². The van der Waals surface area contributed by atoms with Gasteiger partial charge in [-0.15, -0.1) is 11.3 Å². The number of nitrogens with one attached hydrogen (secondary N) is 1. The van der Waals surface area contributed by atoms with Crippen molar-refractivity contribution in [3.05, 3.63) is 81.5 Å². The standard InChI is InChI=1S/C22H23ClN2O4S2/c1-25(13-3-14-29-19-9-7-18(23)8-10-19)22(26)17-5-11-21(12-6-17)31(27,28)24-16-20-4-2-15-30-20/h2,4-12,15,24H,3,13-14,16H2,1H3. The van der Waals surface area contributed by atoms with Gasteiger partial charge in [0.2, 0.25) is 10.0 Å². The number of amides is 1. The summed E-state index contributed by atoms with van der Waals surface area (Å²) in [6, 6.07) is 16.8. The van der Waals surface area contributed by atoms with Crippen molar-refractivity contribution in [2.45, 2.75) is 17.9 Å². The first-order valence-corrected chi connectivity index (χ1v) is 12.4. The first-order chi connectivity index (χ1) is 14.8. The third-order valence-electron chi connectivity index (χ3n) is 4.50. The van der Waals surface area contributed by atoms with Crippen molar-refractivity contribution in [2.24, 2.45) is 0 Å². The minimum atomic E-state index is -3.64. The fraction of sp³-hybridized carbons (Fsp3) is 0.227. The van der Waals surface area contributed by atoms with Gasteiger partial charge in [-0.2, -0.15) is 0 Å². The zero-order chi connectivity index (χ0) is 22.3. The number of ether oxygens (including phenoxy) is 1. The van der Waals surface area contributed by atoms with Crippen molar-refractivity contribution >= 4 is 38.9 Å². The molecule has 1 amide bonds. The molecule has 2 aromatic carbocycles. The summed E-state index contributed by atoms with van der Waals surface area (Å²) in [5, 5.41) is 2.54. The monoisotopic (exact) mass is 478 g/mol. The van der Waals surface area contributed by atoms with E-state index in [2.05, 4.69) is 4.72 Å². The van der Waals surface area contributed by atoms with Crippen LogP contribution in [0.1, 0.15) is 21.7 Å². The topological polar surface area (TPSA) is 75.7 Å². The van der Waals surface area contributed by atoms with E-state index >= 15 is 0 Å². The Morgan fingerprint density at radius 1 is 1.10 bits per heavy atom. The first-order valence-electron chi connectivity index (χ1n) is 9.61. The van der Waals surface area contributed by atoms with E-state index in [1.54, 1.807) is 36.2 Å². The van der Waals surface area contributed by atoms with Crippen molar-refractivity contribution in [1.82, 2.24) is 9.62 Å². The largest absolute Gasteiger partial charge is 0.494 e. The van der Waals surface area contributed by atoms with Crippen LogP contribution >= 0.6 is 22.9 Å². The van der Waals surface area contributed by atoms with Crippen LogP contribution in [-0.4, -0.2) is 39.4 Å². The summed E-state index contributed by atoms with van der Waals surface area (Å²) >= 11 is 7.33. The fourth-order valence-corrected chi connectivity index (χ4v) is 4.65. The number of nitrogens with zero attached hydrogens (tertiary/aromatic N) is 1. The zero-order valence-corrected chi connectivity index (χ0v) is 19.3. The molecule has 0 radical (unpaired) electrons. The van der Waals surface area contributed by atoms with E-state index in [-0.39, 0.29) is 17.3 Å². The third kappa shape index (κ3) is 6.80. The second kappa shape index (κ2) is 10.8. The molecule has 0 saturated heterocycles. The molecule has 0 bridgehead atoms. The van der Waals surface area contributed by atoms with Crippen molar-refractivity contribution in [3.8, 4) is 5.75 Å². The Morgan fingerprint density at radius 2 is 1.81 bits per heavy atom. The normalized spacial score (nSPS) is 11.3. The van der Waals surface area contributed by atoms with Crippen LogP contribution in [0.25, 0.3) is 0 Å². The van der Waals surface area contributed by atoms with E-state index in [0.717, 1.165) is 10.6 Å². The van der Waals surface area contributed by atoms with Gasteiger partial charge >= 0.3 is 0 Å². The number of hydrogen-bond acceptors (Lipinski definition) is 5. The van der Waals surface area contributed by atoms with E-state index in [9.17, 15) is 13.2 Å². The smallest absolute Gasteiger partial charge is 0.253 e. The summed E-state index contributed by atoms with van der Waals surface area (Å²) in [5.41, 5.74) is 0.429. The van der Waals surface area contributed by atoms with Crippen molar-refractivity contribution < 1.29 is 17.9 Å². The third-order valence-corrected chi connectivity index (χ3v) is 7.04. The van der Waals surface area contributed by atoms with Crippen molar-refractivity contribution in [3.63, 3.8) is 0 Å². The summed E-state index contributed by atoms with van der Waals surface area (Å²) in [4.78, 5) is 15.2. The average Bonchev–Trinajstić information content (AvgIpc) is 3.30. The molecule has 3 rings (SSSR count). The number of thiophene rings is 1. The number of carbonyl (C=O) groups is 1. The van der Waals surface area contributed by atoms with Crippen LogP contribution in [0.15, 0.2) is 70.9 Å². The highest BCUT2D eigenvalue weighted by Gasteiger charge is 2.16. The zero-order valence-electron chi connectivity index (χ0n) is 17.0. The van der Waals surface area contributed by atoms with Crippen LogP contribution in [0.2, 0.25) is 5.02 Å². The lowest BCUT2D eigenvalue weighted by atomic mass is 10.2. The molecule has 0 saturated carbocycles. The predicted molar refractivity (Wildman–Crippen MR) is 123 cm³/mol. The van der Waals surface area contributed by atoms with Crippen LogP contribution in [0, 0.1) is 0 Å². The number of benzene rings is 2.